The number of hydrogen-bond acceptors (Lipinski definition) is 1. The van der Waals surface area contributed by atoms with Gasteiger partial charge in [-0.15, -0.1) is 0 Å². The molecule has 1 nitrogen and oxygen atoms in total. The summed E-state index contributed by atoms with van der Waals surface area (Å²) in [4.78, 5) is 0. The zero-order chi connectivity index (χ0) is 16.6. The molecular weight excluding hydrogens is 436 g/mol. The second-order valence-electron chi connectivity index (χ2n) is 3.35. The molecule has 0 aromatic heterocycles. The van der Waals surface area contributed by atoms with Gasteiger partial charge in [-0.1, -0.05) is 22.6 Å². The molecule has 0 aliphatic heterocycles. The quantitative estimate of drug-likeness (QED) is 0.326. The fraction of sp³-hybridized carbons (Fsp3) is 1.00. The molecule has 0 radical (unpaired) electrons. The molecule has 0 aromatic carbocycles. The molecule has 0 heterocycles. The monoisotopic (exact) mass is 440 g/mol. The van der Waals surface area contributed by atoms with Gasteiger partial charge in [0, 0.05) is 10.8 Å². The van der Waals surface area contributed by atoms with E-state index in [4.69, 9.17) is 0 Å². The summed E-state index contributed by atoms with van der Waals surface area (Å²) in [5.41, 5.74) is 0. The Labute approximate surface area is 117 Å². The number of halogens is 12. The smallest absolute Gasteiger partial charge is 0.245 e. The lowest BCUT2D eigenvalue weighted by molar-refractivity contribution is -0.495. The van der Waals surface area contributed by atoms with Crippen LogP contribution in [0.1, 0.15) is 6.42 Å². The van der Waals surface area contributed by atoms with Gasteiger partial charge in [-0.05, 0) is 0 Å². The van der Waals surface area contributed by atoms with E-state index < -0.39 is 41.1 Å². The number of alkyl halides is 12. The van der Waals surface area contributed by atoms with Gasteiger partial charge in [0.15, 0.2) is 0 Å². The van der Waals surface area contributed by atoms with Crippen LogP contribution < -0.4 is 0 Å². The molecule has 0 bridgehead atoms. The summed E-state index contributed by atoms with van der Waals surface area (Å²) in [6, 6.07) is 0. The Hall–Kier alpha value is -0.0800. The zero-order valence-corrected chi connectivity index (χ0v) is 11.0. The Morgan fingerprint density at radius 1 is 0.700 bits per heavy atom. The standard InChI is InChI=1S/C7H4F11IO/c8-3(9,1-2-19)6(15,16)20-7(17,18)4(10,11)5(12,13)14/h1-2H2. The van der Waals surface area contributed by atoms with Gasteiger partial charge in [0.25, 0.3) is 0 Å². The van der Waals surface area contributed by atoms with Gasteiger partial charge in [0.05, 0.1) is 0 Å². The predicted molar refractivity (Wildman–Crippen MR) is 50.4 cm³/mol. The summed E-state index contributed by atoms with van der Waals surface area (Å²) in [6.07, 6.45) is -21.8. The number of hydrogen-bond donors (Lipinski definition) is 0. The summed E-state index contributed by atoms with van der Waals surface area (Å²) in [5.74, 6) is -12.4. The summed E-state index contributed by atoms with van der Waals surface area (Å²) >= 11 is 1.13. The van der Waals surface area contributed by atoms with Crippen LogP contribution in [0.5, 0.6) is 0 Å². The largest absolute Gasteiger partial charge is 0.462 e. The molecule has 0 unspecified atom stereocenters. The lowest BCUT2D eigenvalue weighted by Crippen LogP contribution is -2.58. The van der Waals surface area contributed by atoms with Crippen molar-refractivity contribution in [2.45, 2.75) is 36.7 Å². The third-order valence-electron chi connectivity index (χ3n) is 1.81. The Morgan fingerprint density at radius 3 is 1.40 bits per heavy atom. The lowest BCUT2D eigenvalue weighted by atomic mass is 10.2. The number of rotatable bonds is 6. The van der Waals surface area contributed by atoms with E-state index in [-0.39, 0.29) is 0 Å². The fourth-order valence-electron chi connectivity index (χ4n) is 0.729. The second kappa shape index (κ2) is 5.61. The molecule has 0 saturated carbocycles. The van der Waals surface area contributed by atoms with E-state index >= 15 is 0 Å². The van der Waals surface area contributed by atoms with Gasteiger partial charge in [0.2, 0.25) is 0 Å². The van der Waals surface area contributed by atoms with Crippen molar-refractivity contribution in [3.63, 3.8) is 0 Å². The van der Waals surface area contributed by atoms with Crippen LogP contribution in [0.3, 0.4) is 0 Å². The van der Waals surface area contributed by atoms with Crippen LogP contribution in [0.25, 0.3) is 0 Å². The molecule has 0 fully saturated rings. The number of ether oxygens (including phenoxy) is 1. The van der Waals surface area contributed by atoms with Crippen molar-refractivity contribution in [3.8, 4) is 0 Å². The maximum atomic E-state index is 12.7. The molecular formula is C7H4F11IO. The van der Waals surface area contributed by atoms with Crippen molar-refractivity contribution in [2.75, 3.05) is 4.43 Å². The van der Waals surface area contributed by atoms with Gasteiger partial charge in [-0.25, -0.2) is 4.74 Å². The third-order valence-corrected chi connectivity index (χ3v) is 2.35. The van der Waals surface area contributed by atoms with Gasteiger partial charge < -0.3 is 0 Å². The Balaban J connectivity index is 5.38. The van der Waals surface area contributed by atoms with Gasteiger partial charge >= 0.3 is 30.2 Å². The van der Waals surface area contributed by atoms with E-state index in [0.717, 1.165) is 22.6 Å². The highest BCUT2D eigenvalue weighted by molar-refractivity contribution is 14.1. The van der Waals surface area contributed by atoms with Crippen LogP contribution in [0.15, 0.2) is 0 Å². The molecule has 13 heteroatoms. The molecule has 0 aliphatic rings. The molecule has 0 aliphatic carbocycles. The van der Waals surface area contributed by atoms with Crippen molar-refractivity contribution >= 4 is 22.6 Å². The molecule has 0 rings (SSSR count). The van der Waals surface area contributed by atoms with Crippen LogP contribution in [-0.4, -0.2) is 34.7 Å². The Kier molecular flexibility index (Phi) is 5.58. The minimum absolute atomic E-state index is 0.717. The average molecular weight is 440 g/mol. The molecule has 20 heavy (non-hydrogen) atoms. The van der Waals surface area contributed by atoms with Gasteiger partial charge in [-0.2, -0.15) is 48.3 Å². The van der Waals surface area contributed by atoms with Crippen LogP contribution >= 0.6 is 22.6 Å². The molecule has 0 amide bonds. The van der Waals surface area contributed by atoms with Crippen LogP contribution in [0.4, 0.5) is 48.3 Å². The Bertz CT molecular complexity index is 336. The van der Waals surface area contributed by atoms with Crippen LogP contribution in [0, 0.1) is 0 Å². The molecule has 122 valence electrons. The van der Waals surface area contributed by atoms with E-state index in [1.807, 2.05) is 4.74 Å². The predicted octanol–water partition coefficient (Wildman–Crippen LogP) is 4.85. The lowest BCUT2D eigenvalue weighted by Gasteiger charge is -2.33. The second-order valence-corrected chi connectivity index (χ2v) is 4.43. The van der Waals surface area contributed by atoms with Crippen LogP contribution in [-0.2, 0) is 4.74 Å². The van der Waals surface area contributed by atoms with Crippen molar-refractivity contribution in [1.29, 1.82) is 0 Å². The van der Waals surface area contributed by atoms with Gasteiger partial charge in [0.1, 0.15) is 0 Å². The summed E-state index contributed by atoms with van der Waals surface area (Å²) < 4.78 is 136. The van der Waals surface area contributed by atoms with Crippen molar-refractivity contribution in [3.05, 3.63) is 0 Å². The first-order valence-electron chi connectivity index (χ1n) is 4.36. The highest BCUT2D eigenvalue weighted by Crippen LogP contribution is 2.51. The summed E-state index contributed by atoms with van der Waals surface area (Å²) in [6.45, 7) is 0. The topological polar surface area (TPSA) is 9.23 Å². The van der Waals surface area contributed by atoms with Crippen molar-refractivity contribution < 1.29 is 53.0 Å². The maximum Gasteiger partial charge on any atom is 0.462 e. The van der Waals surface area contributed by atoms with Crippen LogP contribution in [0.2, 0.25) is 0 Å². The van der Waals surface area contributed by atoms with Crippen molar-refractivity contribution in [1.82, 2.24) is 0 Å². The molecule has 0 saturated heterocycles. The molecule has 0 aromatic rings. The third kappa shape index (κ3) is 3.76. The molecule has 0 spiro atoms. The van der Waals surface area contributed by atoms with Crippen molar-refractivity contribution in [2.24, 2.45) is 0 Å². The van der Waals surface area contributed by atoms with E-state index in [9.17, 15) is 48.3 Å². The molecule has 0 N–H and O–H groups in total. The fourth-order valence-corrected chi connectivity index (χ4v) is 1.41. The summed E-state index contributed by atoms with van der Waals surface area (Å²) in [7, 11) is 0. The van der Waals surface area contributed by atoms with E-state index in [1.54, 1.807) is 0 Å². The first-order valence-corrected chi connectivity index (χ1v) is 5.88. The SMILES string of the molecule is FC(F)(F)C(F)(F)C(F)(F)OC(F)(F)C(F)(F)CCI. The Morgan fingerprint density at radius 2 is 1.10 bits per heavy atom. The van der Waals surface area contributed by atoms with E-state index in [1.165, 1.54) is 0 Å². The highest BCUT2D eigenvalue weighted by atomic mass is 127. The zero-order valence-electron chi connectivity index (χ0n) is 8.86. The average Bonchev–Trinajstić information content (AvgIpc) is 2.13. The minimum atomic E-state index is -7.07. The first-order chi connectivity index (χ1) is 8.52. The van der Waals surface area contributed by atoms with Gasteiger partial charge in [-0.3, -0.25) is 0 Å². The highest BCUT2D eigenvalue weighted by Gasteiger charge is 2.78. The minimum Gasteiger partial charge on any atom is -0.245 e. The first kappa shape index (κ1) is 19.9. The normalized spacial score (nSPS) is 15.6. The summed E-state index contributed by atoms with van der Waals surface area (Å²) in [5, 5.41) is 0. The van der Waals surface area contributed by atoms with E-state index in [0.29, 0.717) is 0 Å². The van der Waals surface area contributed by atoms with E-state index in [2.05, 4.69) is 0 Å². The molecule has 0 atom stereocenters. The maximum absolute atomic E-state index is 12.7.